The summed E-state index contributed by atoms with van der Waals surface area (Å²) in [4.78, 5) is 14.1. The summed E-state index contributed by atoms with van der Waals surface area (Å²) in [5, 5.41) is 1.86. The van der Waals surface area contributed by atoms with E-state index in [1.165, 1.54) is 18.2 Å². The average Bonchev–Trinajstić information content (AvgIpc) is 3.84. The molecule has 0 aliphatic heterocycles. The Balaban J connectivity index is 1.37. The molecule has 5 heteroatoms. The first-order valence-electron chi connectivity index (χ1n) is 22.2. The predicted octanol–water partition coefficient (Wildman–Crippen LogP) is 11.5. The molecule has 0 amide bonds. The van der Waals surface area contributed by atoms with Gasteiger partial charge < -0.3 is 8.83 Å². The summed E-state index contributed by atoms with van der Waals surface area (Å²) in [6.45, 7) is 0. The minimum absolute atomic E-state index is 0.00908. The summed E-state index contributed by atoms with van der Waals surface area (Å²) in [7, 11) is 0. The Hall–Kier alpha value is -6.59. The molecule has 3 aromatic heterocycles. The first kappa shape index (κ1) is 15.8. The van der Waals surface area contributed by atoms with E-state index in [1.807, 2.05) is 30.3 Å². The summed E-state index contributed by atoms with van der Waals surface area (Å²) >= 11 is 0. The molecule has 0 bridgehead atoms. The third-order valence-corrected chi connectivity index (χ3v) is 8.15. The molecule has 48 heavy (non-hydrogen) atoms. The largest absolute Gasteiger partial charge is 0.456 e. The van der Waals surface area contributed by atoms with Gasteiger partial charge in [-0.2, -0.15) is 0 Å². The molecule has 0 N–H and O–H groups in total. The van der Waals surface area contributed by atoms with Gasteiger partial charge in [0, 0.05) is 43.8 Å². The average molecular weight is 631 g/mol. The lowest BCUT2D eigenvalue weighted by Crippen LogP contribution is -2.00. The number of rotatable bonds is 4. The van der Waals surface area contributed by atoms with Crippen molar-refractivity contribution in [1.82, 2.24) is 15.0 Å². The quantitative estimate of drug-likeness (QED) is 0.194. The molecule has 0 unspecified atom stereocenters. The number of fused-ring (bicyclic) bond motifs is 7. The van der Waals surface area contributed by atoms with Gasteiger partial charge in [-0.25, -0.2) is 15.0 Å². The molecule has 0 aliphatic carbocycles. The van der Waals surface area contributed by atoms with Crippen LogP contribution in [0.4, 0.5) is 0 Å². The van der Waals surface area contributed by atoms with E-state index in [2.05, 4.69) is 9.97 Å². The predicted molar refractivity (Wildman–Crippen MR) is 194 cm³/mol. The number of hydrogen-bond acceptors (Lipinski definition) is 5. The van der Waals surface area contributed by atoms with Crippen LogP contribution < -0.4 is 0 Å². The van der Waals surface area contributed by atoms with Crippen molar-refractivity contribution in [2.45, 2.75) is 0 Å². The first-order valence-corrected chi connectivity index (χ1v) is 14.7. The highest BCUT2D eigenvalue weighted by Gasteiger charge is 2.22. The molecule has 0 atom stereocenters. The minimum atomic E-state index is -0.642. The van der Waals surface area contributed by atoms with Crippen LogP contribution in [0.25, 0.3) is 99.9 Å². The molecule has 0 spiro atoms. The number of para-hydroxylation sites is 2. The maximum Gasteiger partial charge on any atom is 0.164 e. The third kappa shape index (κ3) is 4.15. The van der Waals surface area contributed by atoms with Crippen molar-refractivity contribution >= 4 is 54.6 Å². The monoisotopic (exact) mass is 630 g/mol. The molecule has 0 saturated carbocycles. The number of benzene rings is 7. The Morgan fingerprint density at radius 1 is 0.438 bits per heavy atom. The topological polar surface area (TPSA) is 65.0 Å². The van der Waals surface area contributed by atoms with Gasteiger partial charge in [-0.15, -0.1) is 0 Å². The van der Waals surface area contributed by atoms with Gasteiger partial charge in [0.25, 0.3) is 0 Å². The molecular formula is C43H25N3O2. The van der Waals surface area contributed by atoms with E-state index in [0.717, 1.165) is 10.8 Å². The number of hydrogen-bond donors (Lipinski definition) is 0. The van der Waals surface area contributed by atoms with Gasteiger partial charge in [-0.1, -0.05) is 115 Å². The molecule has 0 fully saturated rings. The van der Waals surface area contributed by atoms with Gasteiger partial charge >= 0.3 is 0 Å². The van der Waals surface area contributed by atoms with Crippen LogP contribution in [0.1, 0.15) is 20.6 Å². The number of nitrogens with zero attached hydrogens (tertiary/aromatic N) is 3. The summed E-state index contributed by atoms with van der Waals surface area (Å²) in [6.07, 6.45) is 0. The highest BCUT2D eigenvalue weighted by Crippen LogP contribution is 2.44. The summed E-state index contributed by atoms with van der Waals surface area (Å²) < 4.78 is 143. The lowest BCUT2D eigenvalue weighted by molar-refractivity contribution is 0.668. The highest BCUT2D eigenvalue weighted by atomic mass is 16.3. The van der Waals surface area contributed by atoms with Crippen molar-refractivity contribution in [1.29, 1.82) is 0 Å². The van der Waals surface area contributed by atoms with E-state index in [0.29, 0.717) is 5.56 Å². The van der Waals surface area contributed by atoms with Crippen molar-refractivity contribution in [3.05, 3.63) is 151 Å². The number of furan rings is 2. The van der Waals surface area contributed by atoms with Gasteiger partial charge in [-0.3, -0.25) is 0 Å². The third-order valence-electron chi connectivity index (χ3n) is 8.15. The molecular weight excluding hydrogens is 590 g/mol. The molecule has 5 nitrogen and oxygen atoms in total. The summed E-state index contributed by atoms with van der Waals surface area (Å²) in [5.41, 5.74) is -0.898. The van der Waals surface area contributed by atoms with Crippen molar-refractivity contribution in [3.8, 4) is 45.3 Å². The normalized spacial score (nSPS) is 16.1. The molecule has 224 valence electrons. The van der Waals surface area contributed by atoms with Crippen LogP contribution in [0.3, 0.4) is 0 Å². The van der Waals surface area contributed by atoms with E-state index in [9.17, 15) is 2.74 Å². The zero-order chi connectivity index (χ0) is 44.7. The Labute approximate surface area is 295 Å². The van der Waals surface area contributed by atoms with Crippen LogP contribution in [0.2, 0.25) is 0 Å². The Kier molecular flexibility index (Phi) is 3.45. The van der Waals surface area contributed by atoms with Crippen LogP contribution in [0, 0.1) is 0 Å². The molecule has 0 aliphatic rings. The van der Waals surface area contributed by atoms with E-state index >= 15 is 0 Å². The van der Waals surface area contributed by atoms with Gasteiger partial charge in [-0.05, 0) is 52.6 Å². The fourth-order valence-corrected chi connectivity index (χ4v) is 6.00. The molecule has 0 saturated heterocycles. The molecule has 10 aromatic rings. The molecule has 10 rings (SSSR count). The molecule has 3 heterocycles. The van der Waals surface area contributed by atoms with Crippen LogP contribution in [-0.4, -0.2) is 15.0 Å². The van der Waals surface area contributed by atoms with Crippen molar-refractivity contribution in [2.24, 2.45) is 0 Å². The van der Waals surface area contributed by atoms with Crippen LogP contribution in [0.15, 0.2) is 160 Å². The first-order chi connectivity index (χ1) is 30.0. The zero-order valence-electron chi connectivity index (χ0n) is 39.4. The standard InChI is InChI=1S/C43H25N3O2/c1-2-12-27(13-3-1)41-44-42(29-22-21-26-11-4-5-14-28(26)25-29)46-43(45-41)34-24-23-31(40-39(34)33-16-7-9-19-36(33)48-40)30-17-10-20-37-38(30)32-15-6-8-18-35(32)47-37/h1-25H/i1D,2D,3D,6D,7D,8D,9D,10D,12D,13D,17D,18D,19D,20D,24D. The highest BCUT2D eigenvalue weighted by molar-refractivity contribution is 6.20. The van der Waals surface area contributed by atoms with E-state index in [1.54, 1.807) is 12.1 Å². The maximum atomic E-state index is 9.69. The van der Waals surface area contributed by atoms with Gasteiger partial charge in [0.1, 0.15) is 22.3 Å². The Morgan fingerprint density at radius 3 is 1.96 bits per heavy atom. The second-order valence-corrected chi connectivity index (χ2v) is 10.9. The number of aromatic nitrogens is 3. The molecule has 7 aromatic carbocycles. The lowest BCUT2D eigenvalue weighted by atomic mass is 9.95. The van der Waals surface area contributed by atoms with Crippen molar-refractivity contribution < 1.29 is 29.4 Å². The minimum Gasteiger partial charge on any atom is -0.456 e. The van der Waals surface area contributed by atoms with E-state index in [-0.39, 0.29) is 102 Å². The fourth-order valence-electron chi connectivity index (χ4n) is 6.00. The van der Waals surface area contributed by atoms with Crippen molar-refractivity contribution in [2.75, 3.05) is 0 Å². The smallest absolute Gasteiger partial charge is 0.164 e. The second kappa shape index (κ2) is 10.5. The SMILES string of the molecule is [2H]c1cc2c(oc3c(-c4c([2H])c([2H])c([2H])c5oc6c([2H])c([2H])c([2H])cc6c45)cc([2H])c(-c4nc(-c5ccc6ccccc6c5)nc(-c5c([2H])c([2H])c([2H])c([2H])c5[2H])n4)c32)c([2H])c1[2H]. The van der Waals surface area contributed by atoms with Crippen molar-refractivity contribution in [3.63, 3.8) is 0 Å². The maximum absolute atomic E-state index is 9.69. The fraction of sp³-hybridized carbons (Fsp3) is 0. The van der Waals surface area contributed by atoms with Crippen LogP contribution in [-0.2, 0) is 0 Å². The summed E-state index contributed by atoms with van der Waals surface area (Å²) in [6, 6.07) is 8.92. The Bertz CT molecular complexity index is 3690. The van der Waals surface area contributed by atoms with Gasteiger partial charge in [0.15, 0.2) is 17.5 Å². The lowest BCUT2D eigenvalue weighted by Gasteiger charge is -2.11. The van der Waals surface area contributed by atoms with Gasteiger partial charge in [0.05, 0.1) is 20.6 Å². The molecule has 0 radical (unpaired) electrons. The van der Waals surface area contributed by atoms with Crippen LogP contribution in [0.5, 0.6) is 0 Å². The van der Waals surface area contributed by atoms with Gasteiger partial charge in [0.2, 0.25) is 0 Å². The summed E-state index contributed by atoms with van der Waals surface area (Å²) in [5.74, 6) is -0.596. The zero-order valence-corrected chi connectivity index (χ0v) is 24.4. The van der Waals surface area contributed by atoms with E-state index < -0.39 is 72.5 Å². The van der Waals surface area contributed by atoms with E-state index in [4.69, 9.17) is 31.6 Å². The van der Waals surface area contributed by atoms with Crippen LogP contribution >= 0.6 is 0 Å². The second-order valence-electron chi connectivity index (χ2n) is 10.9. The Morgan fingerprint density at radius 2 is 1.12 bits per heavy atom.